The first kappa shape index (κ1) is 10.3. The Hall–Kier alpha value is 0.230. The minimum Gasteiger partial charge on any atom is -0.389 e. The average Bonchev–Trinajstić information content (AvgIpc) is 2.02. The van der Waals surface area contributed by atoms with Gasteiger partial charge in [-0.05, 0) is 19.9 Å². The lowest BCUT2D eigenvalue weighted by atomic mass is 9.94. The van der Waals surface area contributed by atoms with Gasteiger partial charge in [-0.1, -0.05) is 0 Å². The predicted octanol–water partition coefficient (Wildman–Crippen LogP) is -0.209. The number of nitrogens with two attached hydrogens (primary N) is 1. The zero-order valence-electron chi connectivity index (χ0n) is 7.55. The van der Waals surface area contributed by atoms with E-state index in [-0.39, 0.29) is 0 Å². The molecule has 0 aromatic rings. The van der Waals surface area contributed by atoms with Crippen LogP contribution in [0.4, 0.5) is 0 Å². The predicted molar refractivity (Wildman–Crippen MR) is 53.4 cm³/mol. The van der Waals surface area contributed by atoms with Gasteiger partial charge in [0, 0.05) is 24.1 Å². The van der Waals surface area contributed by atoms with Crippen molar-refractivity contribution >= 4 is 11.8 Å². The van der Waals surface area contributed by atoms with Crippen molar-refractivity contribution in [2.75, 3.05) is 25.4 Å². The van der Waals surface area contributed by atoms with Gasteiger partial charge in [0.25, 0.3) is 0 Å². The smallest absolute Gasteiger partial charge is 0.0762 e. The van der Waals surface area contributed by atoms with Gasteiger partial charge >= 0.3 is 0 Å². The number of thioether (sulfide) groups is 1. The van der Waals surface area contributed by atoms with Crippen LogP contribution in [0.2, 0.25) is 0 Å². The third-order valence-corrected chi connectivity index (χ3v) is 3.82. The van der Waals surface area contributed by atoms with E-state index in [0.29, 0.717) is 11.8 Å². The van der Waals surface area contributed by atoms with Crippen molar-refractivity contribution in [2.24, 2.45) is 5.73 Å². The fraction of sp³-hybridized carbons (Fsp3) is 1.00. The first-order valence-electron chi connectivity index (χ1n) is 4.41. The van der Waals surface area contributed by atoms with Gasteiger partial charge < -0.3 is 16.2 Å². The summed E-state index contributed by atoms with van der Waals surface area (Å²) in [5.41, 5.74) is 4.90. The SMILES string of the molecule is CC1(O)CCNCC1SCCN. The molecular weight excluding hydrogens is 172 g/mol. The van der Waals surface area contributed by atoms with Crippen molar-refractivity contribution < 1.29 is 5.11 Å². The highest BCUT2D eigenvalue weighted by atomic mass is 32.2. The summed E-state index contributed by atoms with van der Waals surface area (Å²) >= 11 is 1.77. The van der Waals surface area contributed by atoms with Gasteiger partial charge in [-0.3, -0.25) is 0 Å². The molecule has 3 nitrogen and oxygen atoms in total. The molecule has 0 radical (unpaired) electrons. The molecule has 1 heterocycles. The van der Waals surface area contributed by atoms with Gasteiger partial charge in [0.1, 0.15) is 0 Å². The zero-order valence-corrected chi connectivity index (χ0v) is 8.36. The standard InChI is InChI=1S/C8H18N2OS/c1-8(11)2-4-10-6-7(8)12-5-3-9/h7,10-11H,2-6,9H2,1H3. The molecule has 4 heteroatoms. The van der Waals surface area contributed by atoms with Gasteiger partial charge in [-0.15, -0.1) is 0 Å². The summed E-state index contributed by atoms with van der Waals surface area (Å²) in [6, 6.07) is 0. The van der Waals surface area contributed by atoms with E-state index in [4.69, 9.17) is 5.73 Å². The van der Waals surface area contributed by atoms with E-state index in [1.54, 1.807) is 11.8 Å². The fourth-order valence-corrected chi connectivity index (χ4v) is 2.54. The van der Waals surface area contributed by atoms with E-state index in [1.165, 1.54) is 0 Å². The Morgan fingerprint density at radius 3 is 3.08 bits per heavy atom. The van der Waals surface area contributed by atoms with Crippen LogP contribution in [0.25, 0.3) is 0 Å². The van der Waals surface area contributed by atoms with E-state index < -0.39 is 5.60 Å². The first-order valence-corrected chi connectivity index (χ1v) is 5.46. The van der Waals surface area contributed by atoms with Crippen LogP contribution in [0.1, 0.15) is 13.3 Å². The van der Waals surface area contributed by atoms with Crippen LogP contribution < -0.4 is 11.1 Å². The lowest BCUT2D eigenvalue weighted by molar-refractivity contribution is 0.0356. The second-order valence-corrected chi connectivity index (χ2v) is 4.77. The Labute approximate surface area is 78.1 Å². The van der Waals surface area contributed by atoms with E-state index in [0.717, 1.165) is 25.3 Å². The fourth-order valence-electron chi connectivity index (χ4n) is 1.40. The molecule has 0 bridgehead atoms. The van der Waals surface area contributed by atoms with E-state index in [9.17, 15) is 5.11 Å². The Bertz CT molecular complexity index is 141. The molecule has 1 rings (SSSR count). The van der Waals surface area contributed by atoms with Crippen LogP contribution >= 0.6 is 11.8 Å². The molecule has 2 unspecified atom stereocenters. The average molecular weight is 190 g/mol. The third kappa shape index (κ3) is 2.62. The largest absolute Gasteiger partial charge is 0.389 e. The molecule has 72 valence electrons. The summed E-state index contributed by atoms with van der Waals surface area (Å²) in [5, 5.41) is 13.5. The Kier molecular flexibility index (Phi) is 3.83. The van der Waals surface area contributed by atoms with Crippen molar-refractivity contribution in [3.05, 3.63) is 0 Å². The van der Waals surface area contributed by atoms with Gasteiger partial charge in [0.15, 0.2) is 0 Å². The molecule has 0 amide bonds. The third-order valence-electron chi connectivity index (χ3n) is 2.27. The molecule has 1 fully saturated rings. The van der Waals surface area contributed by atoms with Crippen LogP contribution in [-0.4, -0.2) is 41.3 Å². The van der Waals surface area contributed by atoms with E-state index >= 15 is 0 Å². The Morgan fingerprint density at radius 1 is 1.75 bits per heavy atom. The lowest BCUT2D eigenvalue weighted by Crippen LogP contribution is -2.50. The zero-order chi connectivity index (χ0) is 9.03. The summed E-state index contributed by atoms with van der Waals surface area (Å²) in [6.45, 7) is 4.43. The molecule has 1 aliphatic heterocycles. The molecule has 1 saturated heterocycles. The monoisotopic (exact) mass is 190 g/mol. The molecule has 0 aromatic heterocycles. The number of nitrogens with one attached hydrogen (secondary N) is 1. The number of rotatable bonds is 3. The van der Waals surface area contributed by atoms with Gasteiger partial charge in [0.2, 0.25) is 0 Å². The van der Waals surface area contributed by atoms with Gasteiger partial charge in [-0.2, -0.15) is 11.8 Å². The maximum Gasteiger partial charge on any atom is 0.0762 e. The second kappa shape index (κ2) is 4.46. The highest BCUT2D eigenvalue weighted by molar-refractivity contribution is 8.00. The van der Waals surface area contributed by atoms with Crippen molar-refractivity contribution in [2.45, 2.75) is 24.2 Å². The van der Waals surface area contributed by atoms with E-state index in [2.05, 4.69) is 5.32 Å². The van der Waals surface area contributed by atoms with Crippen LogP contribution in [0, 0.1) is 0 Å². The van der Waals surface area contributed by atoms with Crippen molar-refractivity contribution in [3.63, 3.8) is 0 Å². The summed E-state index contributed by atoms with van der Waals surface area (Å²) in [7, 11) is 0. The van der Waals surface area contributed by atoms with Crippen LogP contribution in [0.3, 0.4) is 0 Å². The summed E-state index contributed by atoms with van der Waals surface area (Å²) < 4.78 is 0. The molecule has 0 saturated carbocycles. The molecular formula is C8H18N2OS. The molecule has 12 heavy (non-hydrogen) atoms. The molecule has 0 aromatic carbocycles. The van der Waals surface area contributed by atoms with Gasteiger partial charge in [0.05, 0.1) is 5.60 Å². The summed E-state index contributed by atoms with van der Waals surface area (Å²) in [4.78, 5) is 0. The number of hydrogen-bond donors (Lipinski definition) is 3. The highest BCUT2D eigenvalue weighted by Crippen LogP contribution is 2.27. The topological polar surface area (TPSA) is 58.3 Å². The minimum atomic E-state index is -0.509. The van der Waals surface area contributed by atoms with Crippen LogP contribution in [0.15, 0.2) is 0 Å². The minimum absolute atomic E-state index is 0.301. The quantitative estimate of drug-likeness (QED) is 0.576. The first-order chi connectivity index (χ1) is 5.67. The van der Waals surface area contributed by atoms with Crippen LogP contribution in [-0.2, 0) is 0 Å². The van der Waals surface area contributed by atoms with E-state index in [1.807, 2.05) is 6.92 Å². The van der Waals surface area contributed by atoms with Crippen molar-refractivity contribution in [3.8, 4) is 0 Å². The molecule has 0 aliphatic carbocycles. The Morgan fingerprint density at radius 2 is 2.50 bits per heavy atom. The molecule has 4 N–H and O–H groups in total. The normalized spacial score (nSPS) is 36.8. The summed E-state index contributed by atoms with van der Waals surface area (Å²) in [6.07, 6.45) is 0.842. The molecule has 1 aliphatic rings. The number of hydrogen-bond acceptors (Lipinski definition) is 4. The molecule has 0 spiro atoms. The number of piperidine rings is 1. The maximum absolute atomic E-state index is 9.96. The Balaban J connectivity index is 2.37. The van der Waals surface area contributed by atoms with Crippen LogP contribution in [0.5, 0.6) is 0 Å². The maximum atomic E-state index is 9.96. The van der Waals surface area contributed by atoms with Crippen molar-refractivity contribution in [1.82, 2.24) is 5.32 Å². The second-order valence-electron chi connectivity index (χ2n) is 3.46. The molecule has 2 atom stereocenters. The number of aliphatic hydroxyl groups is 1. The summed E-state index contributed by atoms with van der Waals surface area (Å²) in [5.74, 6) is 0.933. The highest BCUT2D eigenvalue weighted by Gasteiger charge is 2.34. The van der Waals surface area contributed by atoms with Crippen molar-refractivity contribution in [1.29, 1.82) is 0 Å². The van der Waals surface area contributed by atoms with Gasteiger partial charge in [-0.25, -0.2) is 0 Å². The lowest BCUT2D eigenvalue weighted by Gasteiger charge is -2.37.